The standard InChI is InChI=1S/C11H10FN5O/c12-7-2-1-3-8(4-7)15-11(18)9-5-14-6-10(16-9)17-13/h1-6H,13H2,(H,15,18)(H,16,17). The monoisotopic (exact) mass is 247 g/mol. The van der Waals surface area contributed by atoms with Crippen LogP contribution in [0.15, 0.2) is 36.7 Å². The molecule has 0 aliphatic heterocycles. The number of carbonyl (C=O) groups is 1. The van der Waals surface area contributed by atoms with E-state index >= 15 is 0 Å². The van der Waals surface area contributed by atoms with Crippen molar-refractivity contribution in [1.29, 1.82) is 0 Å². The average molecular weight is 247 g/mol. The minimum atomic E-state index is -0.495. The van der Waals surface area contributed by atoms with Crippen LogP contribution in [0.2, 0.25) is 0 Å². The molecule has 0 fully saturated rings. The molecule has 0 atom stereocenters. The highest BCUT2D eigenvalue weighted by atomic mass is 19.1. The van der Waals surface area contributed by atoms with Gasteiger partial charge in [-0.15, -0.1) is 0 Å². The largest absolute Gasteiger partial charge is 0.321 e. The van der Waals surface area contributed by atoms with Gasteiger partial charge in [0.2, 0.25) is 0 Å². The number of hydrogen-bond acceptors (Lipinski definition) is 5. The van der Waals surface area contributed by atoms with Crippen LogP contribution in [0.4, 0.5) is 15.9 Å². The number of anilines is 2. The van der Waals surface area contributed by atoms with Crippen LogP contribution < -0.4 is 16.6 Å². The van der Waals surface area contributed by atoms with Crippen LogP contribution in [0.1, 0.15) is 10.5 Å². The maximum atomic E-state index is 12.9. The summed E-state index contributed by atoms with van der Waals surface area (Å²) >= 11 is 0. The van der Waals surface area contributed by atoms with Gasteiger partial charge in [0.25, 0.3) is 5.91 Å². The third-order valence-corrected chi connectivity index (χ3v) is 2.10. The number of nitrogens with zero attached hydrogens (tertiary/aromatic N) is 2. The Hall–Kier alpha value is -2.54. The summed E-state index contributed by atoms with van der Waals surface area (Å²) < 4.78 is 12.9. The van der Waals surface area contributed by atoms with Gasteiger partial charge in [0.05, 0.1) is 12.4 Å². The lowest BCUT2D eigenvalue weighted by atomic mass is 10.3. The van der Waals surface area contributed by atoms with Gasteiger partial charge < -0.3 is 10.7 Å². The van der Waals surface area contributed by atoms with E-state index < -0.39 is 11.7 Å². The normalized spacial score (nSPS) is 9.89. The Kier molecular flexibility index (Phi) is 3.44. The van der Waals surface area contributed by atoms with E-state index in [1.807, 2.05) is 0 Å². The van der Waals surface area contributed by atoms with Crippen molar-refractivity contribution in [2.24, 2.45) is 5.84 Å². The Balaban J connectivity index is 2.16. The molecule has 0 saturated carbocycles. The lowest BCUT2D eigenvalue weighted by Crippen LogP contribution is -2.16. The lowest BCUT2D eigenvalue weighted by molar-refractivity contribution is 0.102. The molecule has 0 bridgehead atoms. The summed E-state index contributed by atoms with van der Waals surface area (Å²) in [7, 11) is 0. The quantitative estimate of drug-likeness (QED) is 0.559. The van der Waals surface area contributed by atoms with Gasteiger partial charge >= 0.3 is 0 Å². The summed E-state index contributed by atoms with van der Waals surface area (Å²) in [4.78, 5) is 19.5. The van der Waals surface area contributed by atoms with Crippen LogP contribution in [-0.4, -0.2) is 15.9 Å². The molecule has 1 aromatic carbocycles. The minimum Gasteiger partial charge on any atom is -0.321 e. The molecule has 0 unspecified atom stereocenters. The SMILES string of the molecule is NNc1cncc(C(=O)Nc2cccc(F)c2)n1. The molecule has 0 aliphatic carbocycles. The third kappa shape index (κ3) is 2.77. The first-order valence-electron chi connectivity index (χ1n) is 5.04. The second-order valence-electron chi connectivity index (χ2n) is 3.40. The van der Waals surface area contributed by atoms with E-state index in [4.69, 9.17) is 5.84 Å². The molecule has 7 heteroatoms. The maximum Gasteiger partial charge on any atom is 0.275 e. The molecule has 1 amide bonds. The summed E-state index contributed by atoms with van der Waals surface area (Å²) in [5.74, 6) is 4.49. The van der Waals surface area contributed by atoms with Crippen LogP contribution in [0, 0.1) is 5.82 Å². The van der Waals surface area contributed by atoms with Gasteiger partial charge in [-0.05, 0) is 18.2 Å². The first-order chi connectivity index (χ1) is 8.69. The number of nitrogen functional groups attached to an aromatic ring is 1. The molecule has 4 N–H and O–H groups in total. The van der Waals surface area contributed by atoms with Gasteiger partial charge in [-0.25, -0.2) is 15.2 Å². The second kappa shape index (κ2) is 5.19. The van der Waals surface area contributed by atoms with Crippen molar-refractivity contribution in [2.45, 2.75) is 0 Å². The summed E-state index contributed by atoms with van der Waals surface area (Å²) in [6.07, 6.45) is 2.66. The molecular formula is C11H10FN5O. The van der Waals surface area contributed by atoms with Gasteiger partial charge in [-0.2, -0.15) is 0 Å². The molecule has 6 nitrogen and oxygen atoms in total. The predicted octanol–water partition coefficient (Wildman–Crippen LogP) is 1.15. The highest BCUT2D eigenvalue weighted by molar-refractivity contribution is 6.02. The first kappa shape index (κ1) is 11.9. The molecule has 1 heterocycles. The van der Waals surface area contributed by atoms with Crippen LogP contribution in [-0.2, 0) is 0 Å². The minimum absolute atomic E-state index is 0.0784. The fourth-order valence-corrected chi connectivity index (χ4v) is 1.31. The topological polar surface area (TPSA) is 92.9 Å². The summed E-state index contributed by atoms with van der Waals surface area (Å²) in [6.45, 7) is 0. The van der Waals surface area contributed by atoms with Crippen LogP contribution in [0.3, 0.4) is 0 Å². The van der Waals surface area contributed by atoms with Crippen molar-refractivity contribution in [3.8, 4) is 0 Å². The van der Waals surface area contributed by atoms with E-state index in [0.29, 0.717) is 5.69 Å². The van der Waals surface area contributed by atoms with Crippen molar-refractivity contribution in [2.75, 3.05) is 10.7 Å². The molecule has 2 rings (SSSR count). The summed E-state index contributed by atoms with van der Waals surface area (Å²) in [6, 6.07) is 5.55. The lowest BCUT2D eigenvalue weighted by Gasteiger charge is -2.05. The van der Waals surface area contributed by atoms with Gasteiger partial charge in [0.1, 0.15) is 11.5 Å². The fraction of sp³-hybridized carbons (Fsp3) is 0. The van der Waals surface area contributed by atoms with Gasteiger partial charge in [-0.3, -0.25) is 9.78 Å². The van der Waals surface area contributed by atoms with Crippen LogP contribution in [0.25, 0.3) is 0 Å². The number of hydrazine groups is 1. The summed E-state index contributed by atoms with van der Waals surface area (Å²) in [5.41, 5.74) is 2.70. The Labute approximate surface area is 102 Å². The molecule has 0 radical (unpaired) electrons. The highest BCUT2D eigenvalue weighted by Gasteiger charge is 2.09. The smallest absolute Gasteiger partial charge is 0.275 e. The van der Waals surface area contributed by atoms with E-state index in [-0.39, 0.29) is 11.5 Å². The van der Waals surface area contributed by atoms with Gasteiger partial charge in [-0.1, -0.05) is 6.07 Å². The van der Waals surface area contributed by atoms with E-state index in [1.54, 1.807) is 6.07 Å². The summed E-state index contributed by atoms with van der Waals surface area (Å²) in [5, 5.41) is 2.50. The Morgan fingerprint density at radius 2 is 2.17 bits per heavy atom. The molecule has 0 aliphatic rings. The number of aromatic nitrogens is 2. The second-order valence-corrected chi connectivity index (χ2v) is 3.40. The molecule has 2 aromatic rings. The molecule has 0 saturated heterocycles. The molecule has 92 valence electrons. The zero-order chi connectivity index (χ0) is 13.0. The molecule has 18 heavy (non-hydrogen) atoms. The van der Waals surface area contributed by atoms with Crippen LogP contribution in [0.5, 0.6) is 0 Å². The maximum absolute atomic E-state index is 12.9. The number of carbonyl (C=O) groups excluding carboxylic acids is 1. The van der Waals surface area contributed by atoms with Crippen molar-refractivity contribution < 1.29 is 9.18 Å². The number of rotatable bonds is 3. The van der Waals surface area contributed by atoms with E-state index in [9.17, 15) is 9.18 Å². The zero-order valence-electron chi connectivity index (χ0n) is 9.22. The van der Waals surface area contributed by atoms with Gasteiger partial charge in [0, 0.05) is 5.69 Å². The van der Waals surface area contributed by atoms with E-state index in [2.05, 4.69) is 20.7 Å². The molecular weight excluding hydrogens is 237 g/mol. The van der Waals surface area contributed by atoms with E-state index in [0.717, 1.165) is 0 Å². The first-order valence-corrected chi connectivity index (χ1v) is 5.04. The van der Waals surface area contributed by atoms with Crippen molar-refractivity contribution in [3.05, 3.63) is 48.2 Å². The van der Waals surface area contributed by atoms with Gasteiger partial charge in [0.15, 0.2) is 5.82 Å². The van der Waals surface area contributed by atoms with Crippen LogP contribution >= 0.6 is 0 Å². The van der Waals surface area contributed by atoms with E-state index in [1.165, 1.54) is 30.6 Å². The number of benzene rings is 1. The number of halogens is 1. The van der Waals surface area contributed by atoms with Crippen molar-refractivity contribution in [1.82, 2.24) is 9.97 Å². The average Bonchev–Trinajstić information content (AvgIpc) is 2.39. The predicted molar refractivity (Wildman–Crippen MR) is 64.2 cm³/mol. The third-order valence-electron chi connectivity index (χ3n) is 2.10. The van der Waals surface area contributed by atoms with Crippen molar-refractivity contribution in [3.63, 3.8) is 0 Å². The van der Waals surface area contributed by atoms with Crippen molar-refractivity contribution >= 4 is 17.4 Å². The zero-order valence-corrected chi connectivity index (χ0v) is 9.22. The molecule has 0 spiro atoms. The Morgan fingerprint density at radius 1 is 1.33 bits per heavy atom. The number of hydrogen-bond donors (Lipinski definition) is 3. The Morgan fingerprint density at radius 3 is 2.89 bits per heavy atom. The number of nitrogens with two attached hydrogens (primary N) is 1. The Bertz CT molecular complexity index is 575. The molecule has 1 aromatic heterocycles. The number of nitrogens with one attached hydrogen (secondary N) is 2. The number of amides is 1. The fourth-order valence-electron chi connectivity index (χ4n) is 1.31. The highest BCUT2D eigenvalue weighted by Crippen LogP contribution is 2.10.